The van der Waals surface area contributed by atoms with Gasteiger partial charge < -0.3 is 9.90 Å². The van der Waals surface area contributed by atoms with Crippen LogP contribution in [0.4, 0.5) is 0 Å². The van der Waals surface area contributed by atoms with Crippen molar-refractivity contribution in [2.24, 2.45) is 5.41 Å². The Kier molecular flexibility index (Phi) is 3.69. The van der Waals surface area contributed by atoms with E-state index >= 15 is 0 Å². The summed E-state index contributed by atoms with van der Waals surface area (Å²) in [4.78, 5) is 10.5. The zero-order valence-electron chi connectivity index (χ0n) is 7.59. The van der Waals surface area contributed by atoms with Crippen LogP contribution >= 0.6 is 0 Å². The van der Waals surface area contributed by atoms with Gasteiger partial charge in [-0.05, 0) is 12.3 Å². The Morgan fingerprint density at radius 2 is 1.91 bits per heavy atom. The van der Waals surface area contributed by atoms with E-state index in [4.69, 9.17) is 5.11 Å². The Hall–Kier alpha value is -0.410. The third-order valence-electron chi connectivity index (χ3n) is 1.49. The Bertz CT molecular complexity index is 127. The fraction of sp³-hybridized carbons (Fsp3) is 0.875. The van der Waals surface area contributed by atoms with Crippen LogP contribution in [0.2, 0.25) is 0 Å². The van der Waals surface area contributed by atoms with Crippen molar-refractivity contribution < 1.29 is 9.90 Å². The zero-order valence-corrected chi connectivity index (χ0v) is 7.59. The van der Waals surface area contributed by atoms with Gasteiger partial charge in [0.15, 0.2) is 0 Å². The molecule has 0 spiro atoms. The molecule has 0 aliphatic heterocycles. The minimum absolute atomic E-state index is 0.140. The monoisotopic (exact) mass is 159 g/mol. The molecule has 3 heteroatoms. The molecule has 0 saturated heterocycles. The molecule has 2 N–H and O–H groups in total. The van der Waals surface area contributed by atoms with E-state index in [-0.39, 0.29) is 11.5 Å². The van der Waals surface area contributed by atoms with Gasteiger partial charge in [0.25, 0.3) is 0 Å². The molecule has 0 amide bonds. The van der Waals surface area contributed by atoms with E-state index in [1.54, 1.807) is 6.92 Å². The second-order valence-electron chi connectivity index (χ2n) is 3.82. The van der Waals surface area contributed by atoms with Gasteiger partial charge in [-0.25, -0.2) is 0 Å². The van der Waals surface area contributed by atoms with Gasteiger partial charge in [-0.3, -0.25) is 5.32 Å². The number of hydrogen-bond acceptors (Lipinski definition) is 3. The third-order valence-corrected chi connectivity index (χ3v) is 1.49. The molecule has 0 radical (unpaired) electrons. The SMILES string of the molecule is CC(O)NC(C=O)C(C)(C)C. The summed E-state index contributed by atoms with van der Waals surface area (Å²) >= 11 is 0. The molecule has 0 rings (SSSR count). The second kappa shape index (κ2) is 3.83. The van der Waals surface area contributed by atoms with E-state index in [2.05, 4.69) is 5.32 Å². The molecule has 2 atom stereocenters. The molecular formula is C8H17NO2. The Balaban J connectivity index is 4.07. The predicted octanol–water partition coefficient (Wildman–Crippen LogP) is 0.528. The number of carbonyl (C=O) groups excluding carboxylic acids is 1. The summed E-state index contributed by atoms with van der Waals surface area (Å²) in [6.45, 7) is 7.44. The molecule has 66 valence electrons. The first-order valence-corrected chi connectivity index (χ1v) is 3.77. The lowest BCUT2D eigenvalue weighted by atomic mass is 9.87. The molecule has 0 aromatic carbocycles. The lowest BCUT2D eigenvalue weighted by Crippen LogP contribution is -2.45. The number of aliphatic hydroxyl groups excluding tert-OH is 1. The van der Waals surface area contributed by atoms with Gasteiger partial charge in [-0.1, -0.05) is 20.8 Å². The van der Waals surface area contributed by atoms with Gasteiger partial charge in [-0.2, -0.15) is 0 Å². The molecule has 3 nitrogen and oxygen atoms in total. The first kappa shape index (κ1) is 10.6. The van der Waals surface area contributed by atoms with Crippen molar-refractivity contribution in [3.63, 3.8) is 0 Å². The number of aliphatic hydroxyl groups is 1. The van der Waals surface area contributed by atoms with Crippen molar-refractivity contribution in [3.05, 3.63) is 0 Å². The third kappa shape index (κ3) is 4.11. The summed E-state index contributed by atoms with van der Waals surface area (Å²) in [5, 5.41) is 11.7. The molecule has 0 bridgehead atoms. The van der Waals surface area contributed by atoms with Gasteiger partial charge in [0.1, 0.15) is 12.5 Å². The van der Waals surface area contributed by atoms with Gasteiger partial charge >= 0.3 is 0 Å². The maximum atomic E-state index is 10.5. The average Bonchev–Trinajstić information content (AvgIpc) is 1.79. The van der Waals surface area contributed by atoms with Crippen molar-refractivity contribution in [3.8, 4) is 0 Å². The fourth-order valence-electron chi connectivity index (χ4n) is 0.753. The van der Waals surface area contributed by atoms with Gasteiger partial charge in [-0.15, -0.1) is 0 Å². The number of aldehydes is 1. The van der Waals surface area contributed by atoms with Crippen LogP contribution < -0.4 is 5.32 Å². The second-order valence-corrected chi connectivity index (χ2v) is 3.82. The normalized spacial score (nSPS) is 17.5. The van der Waals surface area contributed by atoms with Crippen molar-refractivity contribution in [2.45, 2.75) is 40.0 Å². The van der Waals surface area contributed by atoms with E-state index in [1.807, 2.05) is 20.8 Å². The van der Waals surface area contributed by atoms with Gasteiger partial charge in [0, 0.05) is 0 Å². The van der Waals surface area contributed by atoms with Crippen LogP contribution in [0.25, 0.3) is 0 Å². The largest absolute Gasteiger partial charge is 0.379 e. The van der Waals surface area contributed by atoms with E-state index in [0.717, 1.165) is 6.29 Å². The smallest absolute Gasteiger partial charge is 0.137 e. The standard InChI is InChI=1S/C8H17NO2/c1-6(11)9-7(5-10)8(2,3)4/h5-7,9,11H,1-4H3. The van der Waals surface area contributed by atoms with Crippen molar-refractivity contribution in [1.82, 2.24) is 5.32 Å². The predicted molar refractivity (Wildman–Crippen MR) is 44.1 cm³/mol. The highest BCUT2D eigenvalue weighted by Crippen LogP contribution is 2.17. The molecule has 2 unspecified atom stereocenters. The van der Waals surface area contributed by atoms with Crippen LogP contribution in [0.1, 0.15) is 27.7 Å². The van der Waals surface area contributed by atoms with E-state index in [9.17, 15) is 4.79 Å². The molecule has 0 saturated carbocycles. The van der Waals surface area contributed by atoms with Crippen LogP contribution in [0.3, 0.4) is 0 Å². The molecular weight excluding hydrogens is 142 g/mol. The highest BCUT2D eigenvalue weighted by molar-refractivity contribution is 5.58. The molecule has 0 aromatic heterocycles. The molecule has 0 aromatic rings. The maximum absolute atomic E-state index is 10.5. The molecule has 0 fully saturated rings. The van der Waals surface area contributed by atoms with E-state index < -0.39 is 6.23 Å². The Morgan fingerprint density at radius 1 is 1.45 bits per heavy atom. The summed E-state index contributed by atoms with van der Waals surface area (Å²) in [7, 11) is 0. The lowest BCUT2D eigenvalue weighted by Gasteiger charge is -2.27. The zero-order chi connectivity index (χ0) is 9.07. The quantitative estimate of drug-likeness (QED) is 0.466. The summed E-state index contributed by atoms with van der Waals surface area (Å²) in [5.74, 6) is 0. The Labute approximate surface area is 67.8 Å². The summed E-state index contributed by atoms with van der Waals surface area (Å²) in [5.41, 5.74) is -0.140. The minimum atomic E-state index is -0.635. The van der Waals surface area contributed by atoms with Gasteiger partial charge in [0.2, 0.25) is 0 Å². The first-order chi connectivity index (χ1) is 4.88. The summed E-state index contributed by atoms with van der Waals surface area (Å²) < 4.78 is 0. The van der Waals surface area contributed by atoms with Gasteiger partial charge in [0.05, 0.1) is 6.04 Å². The molecule has 11 heavy (non-hydrogen) atoms. The lowest BCUT2D eigenvalue weighted by molar-refractivity contribution is -0.112. The number of rotatable bonds is 3. The number of carbonyl (C=O) groups is 1. The summed E-state index contributed by atoms with van der Waals surface area (Å²) in [6.07, 6.45) is 0.191. The van der Waals surface area contributed by atoms with Crippen LogP contribution in [0.5, 0.6) is 0 Å². The maximum Gasteiger partial charge on any atom is 0.137 e. The minimum Gasteiger partial charge on any atom is -0.379 e. The Morgan fingerprint density at radius 3 is 2.00 bits per heavy atom. The van der Waals surface area contributed by atoms with E-state index in [1.165, 1.54) is 0 Å². The highest BCUT2D eigenvalue weighted by Gasteiger charge is 2.24. The first-order valence-electron chi connectivity index (χ1n) is 3.77. The summed E-state index contributed by atoms with van der Waals surface area (Å²) in [6, 6.07) is -0.289. The van der Waals surface area contributed by atoms with Crippen molar-refractivity contribution in [2.75, 3.05) is 0 Å². The average molecular weight is 159 g/mol. The fourth-order valence-corrected chi connectivity index (χ4v) is 0.753. The number of nitrogens with one attached hydrogen (secondary N) is 1. The van der Waals surface area contributed by atoms with Crippen LogP contribution in [-0.2, 0) is 4.79 Å². The van der Waals surface area contributed by atoms with E-state index in [0.29, 0.717) is 0 Å². The van der Waals surface area contributed by atoms with Crippen LogP contribution in [0, 0.1) is 5.41 Å². The molecule has 0 heterocycles. The van der Waals surface area contributed by atoms with Crippen molar-refractivity contribution >= 4 is 6.29 Å². The highest BCUT2D eigenvalue weighted by atomic mass is 16.3. The van der Waals surface area contributed by atoms with Crippen LogP contribution in [-0.4, -0.2) is 23.7 Å². The van der Waals surface area contributed by atoms with Crippen molar-refractivity contribution in [1.29, 1.82) is 0 Å². The topological polar surface area (TPSA) is 49.3 Å². The molecule has 0 aliphatic carbocycles. The number of hydrogen-bond donors (Lipinski definition) is 2. The molecule has 0 aliphatic rings. The van der Waals surface area contributed by atoms with Crippen LogP contribution in [0.15, 0.2) is 0 Å².